The molecule has 1 aromatic heterocycles. The summed E-state index contributed by atoms with van der Waals surface area (Å²) in [7, 11) is 0. The lowest BCUT2D eigenvalue weighted by molar-refractivity contribution is 0.101. The highest BCUT2D eigenvalue weighted by molar-refractivity contribution is 6.06. The minimum absolute atomic E-state index is 0.189. The summed E-state index contributed by atoms with van der Waals surface area (Å²) in [5, 5.41) is 7.12. The first-order valence-corrected chi connectivity index (χ1v) is 7.44. The van der Waals surface area contributed by atoms with Gasteiger partial charge in [-0.2, -0.15) is 5.10 Å². The molecular weight excluding hydrogens is 264 g/mol. The van der Waals surface area contributed by atoms with E-state index < -0.39 is 0 Å². The van der Waals surface area contributed by atoms with Crippen molar-refractivity contribution < 1.29 is 4.79 Å². The topological polar surface area (TPSA) is 72.9 Å². The lowest BCUT2D eigenvalue weighted by Gasteiger charge is -2.19. The van der Waals surface area contributed by atoms with Gasteiger partial charge in [0.25, 0.3) is 5.91 Å². The molecule has 110 valence electrons. The zero-order valence-electron chi connectivity index (χ0n) is 12.2. The Labute approximate surface area is 124 Å². The van der Waals surface area contributed by atoms with Crippen molar-refractivity contribution >= 4 is 17.3 Å². The lowest BCUT2D eigenvalue weighted by atomic mass is 9.90. The summed E-state index contributed by atoms with van der Waals surface area (Å²) in [6.07, 6.45) is 6.04. The number of rotatable bonds is 3. The number of aryl methyl sites for hydroxylation is 2. The Balaban J connectivity index is 1.90. The molecule has 0 aliphatic heterocycles. The van der Waals surface area contributed by atoms with Crippen LogP contribution in [-0.4, -0.2) is 15.7 Å². The molecule has 3 N–H and O–H groups in total. The fourth-order valence-corrected chi connectivity index (χ4v) is 2.97. The van der Waals surface area contributed by atoms with Crippen molar-refractivity contribution in [3.05, 3.63) is 41.2 Å². The first-order chi connectivity index (χ1) is 10.2. The van der Waals surface area contributed by atoms with Crippen LogP contribution >= 0.6 is 0 Å². The number of nitrogens with one attached hydrogen (secondary N) is 1. The van der Waals surface area contributed by atoms with E-state index in [2.05, 4.69) is 16.5 Å². The molecule has 0 unspecified atom stereocenters. The molecule has 0 saturated carbocycles. The number of aromatic nitrogens is 2. The lowest BCUT2D eigenvalue weighted by Crippen LogP contribution is -2.20. The number of nitrogens with two attached hydrogens (primary N) is 1. The van der Waals surface area contributed by atoms with E-state index in [0.717, 1.165) is 18.5 Å². The summed E-state index contributed by atoms with van der Waals surface area (Å²) in [5.41, 5.74) is 10.2. The number of benzene rings is 1. The maximum absolute atomic E-state index is 12.5. The molecule has 3 rings (SSSR count). The standard InChI is InChI=1S/C16H20N4O/c1-2-20-15(13(17)10-18-20)16(21)19-14-9-5-7-11-6-3-4-8-12(11)14/h5,7,9-10H,2-4,6,8,17H2,1H3,(H,19,21). The summed E-state index contributed by atoms with van der Waals surface area (Å²) < 4.78 is 1.63. The largest absolute Gasteiger partial charge is 0.396 e. The maximum atomic E-state index is 12.5. The van der Waals surface area contributed by atoms with Crippen molar-refractivity contribution in [2.24, 2.45) is 0 Å². The van der Waals surface area contributed by atoms with Crippen molar-refractivity contribution in [1.29, 1.82) is 0 Å². The van der Waals surface area contributed by atoms with Crippen LogP contribution in [0.25, 0.3) is 0 Å². The van der Waals surface area contributed by atoms with Crippen molar-refractivity contribution in [2.75, 3.05) is 11.1 Å². The molecule has 1 aliphatic carbocycles. The van der Waals surface area contributed by atoms with Crippen LogP contribution in [0.1, 0.15) is 41.4 Å². The highest BCUT2D eigenvalue weighted by Crippen LogP contribution is 2.28. The Kier molecular flexibility index (Phi) is 3.64. The molecule has 2 aromatic rings. The van der Waals surface area contributed by atoms with Gasteiger partial charge in [0, 0.05) is 12.2 Å². The minimum atomic E-state index is -0.189. The van der Waals surface area contributed by atoms with E-state index in [4.69, 9.17) is 5.73 Å². The van der Waals surface area contributed by atoms with Crippen molar-refractivity contribution in [1.82, 2.24) is 9.78 Å². The van der Waals surface area contributed by atoms with Gasteiger partial charge in [-0.1, -0.05) is 12.1 Å². The molecule has 1 amide bonds. The van der Waals surface area contributed by atoms with Crippen LogP contribution < -0.4 is 11.1 Å². The van der Waals surface area contributed by atoms with E-state index in [1.54, 1.807) is 4.68 Å². The molecule has 1 aliphatic rings. The number of amides is 1. The molecule has 1 aromatic carbocycles. The number of fused-ring (bicyclic) bond motifs is 1. The summed E-state index contributed by atoms with van der Waals surface area (Å²) in [6.45, 7) is 2.56. The van der Waals surface area contributed by atoms with Gasteiger partial charge in [0.15, 0.2) is 0 Å². The molecule has 0 radical (unpaired) electrons. The quantitative estimate of drug-likeness (QED) is 0.910. The molecule has 0 spiro atoms. The van der Waals surface area contributed by atoms with Gasteiger partial charge < -0.3 is 11.1 Å². The molecule has 1 heterocycles. The number of hydrogen-bond donors (Lipinski definition) is 2. The molecule has 0 fully saturated rings. The van der Waals surface area contributed by atoms with Gasteiger partial charge in [-0.15, -0.1) is 0 Å². The van der Waals surface area contributed by atoms with Gasteiger partial charge in [0.2, 0.25) is 0 Å². The average Bonchev–Trinajstić information content (AvgIpc) is 2.88. The molecule has 5 heteroatoms. The van der Waals surface area contributed by atoms with E-state index in [-0.39, 0.29) is 5.91 Å². The number of nitrogen functional groups attached to an aromatic ring is 1. The Morgan fingerprint density at radius 1 is 1.38 bits per heavy atom. The Morgan fingerprint density at radius 2 is 2.19 bits per heavy atom. The van der Waals surface area contributed by atoms with Crippen molar-refractivity contribution in [2.45, 2.75) is 39.2 Å². The number of anilines is 2. The SMILES string of the molecule is CCn1ncc(N)c1C(=O)Nc1cccc2c1CCCC2. The van der Waals surface area contributed by atoms with Crippen LogP contribution in [0.5, 0.6) is 0 Å². The molecule has 0 saturated heterocycles. The zero-order valence-corrected chi connectivity index (χ0v) is 12.2. The van der Waals surface area contributed by atoms with Crippen LogP contribution in [0.15, 0.2) is 24.4 Å². The third-order valence-electron chi connectivity index (χ3n) is 4.03. The highest BCUT2D eigenvalue weighted by atomic mass is 16.2. The van der Waals surface area contributed by atoms with Gasteiger partial charge in [-0.3, -0.25) is 9.48 Å². The van der Waals surface area contributed by atoms with Crippen LogP contribution in [-0.2, 0) is 19.4 Å². The number of carbonyl (C=O) groups is 1. The van der Waals surface area contributed by atoms with Crippen LogP contribution in [0.2, 0.25) is 0 Å². The van der Waals surface area contributed by atoms with E-state index >= 15 is 0 Å². The van der Waals surface area contributed by atoms with Crippen LogP contribution in [0.4, 0.5) is 11.4 Å². The average molecular weight is 284 g/mol. The van der Waals surface area contributed by atoms with E-state index in [0.29, 0.717) is 17.9 Å². The zero-order chi connectivity index (χ0) is 14.8. The Hall–Kier alpha value is -2.30. The minimum Gasteiger partial charge on any atom is -0.396 e. The maximum Gasteiger partial charge on any atom is 0.276 e. The van der Waals surface area contributed by atoms with E-state index in [1.807, 2.05) is 19.1 Å². The summed E-state index contributed by atoms with van der Waals surface area (Å²) >= 11 is 0. The Morgan fingerprint density at radius 3 is 3.00 bits per heavy atom. The van der Waals surface area contributed by atoms with Gasteiger partial charge in [-0.05, 0) is 49.8 Å². The fourth-order valence-electron chi connectivity index (χ4n) is 2.97. The smallest absolute Gasteiger partial charge is 0.276 e. The number of carbonyl (C=O) groups excluding carboxylic acids is 1. The third-order valence-corrected chi connectivity index (χ3v) is 4.03. The summed E-state index contributed by atoms with van der Waals surface area (Å²) in [4.78, 5) is 12.5. The van der Waals surface area contributed by atoms with Crippen molar-refractivity contribution in [3.63, 3.8) is 0 Å². The van der Waals surface area contributed by atoms with E-state index in [1.165, 1.54) is 30.2 Å². The van der Waals surface area contributed by atoms with Crippen molar-refractivity contribution in [3.8, 4) is 0 Å². The summed E-state index contributed by atoms with van der Waals surface area (Å²) in [5.74, 6) is -0.189. The van der Waals surface area contributed by atoms with Gasteiger partial charge in [-0.25, -0.2) is 0 Å². The highest BCUT2D eigenvalue weighted by Gasteiger charge is 2.19. The second kappa shape index (κ2) is 5.60. The predicted octanol–water partition coefficient (Wildman–Crippen LogP) is 2.62. The normalized spacial score (nSPS) is 13.8. The van der Waals surface area contributed by atoms with Gasteiger partial charge in [0.05, 0.1) is 11.9 Å². The van der Waals surface area contributed by atoms with Crippen LogP contribution in [0, 0.1) is 0 Å². The molecule has 21 heavy (non-hydrogen) atoms. The second-order valence-corrected chi connectivity index (χ2v) is 5.37. The van der Waals surface area contributed by atoms with Gasteiger partial charge in [0.1, 0.15) is 5.69 Å². The Bertz CT molecular complexity index is 675. The molecule has 0 atom stereocenters. The number of nitrogens with zero attached hydrogens (tertiary/aromatic N) is 2. The molecular formula is C16H20N4O. The third kappa shape index (κ3) is 2.51. The first-order valence-electron chi connectivity index (χ1n) is 7.44. The molecule has 0 bridgehead atoms. The monoisotopic (exact) mass is 284 g/mol. The predicted molar refractivity (Wildman–Crippen MR) is 83.4 cm³/mol. The summed E-state index contributed by atoms with van der Waals surface area (Å²) in [6, 6.07) is 6.11. The van der Waals surface area contributed by atoms with Gasteiger partial charge >= 0.3 is 0 Å². The first kappa shape index (κ1) is 13.7. The van der Waals surface area contributed by atoms with Crippen LogP contribution in [0.3, 0.4) is 0 Å². The van der Waals surface area contributed by atoms with E-state index in [9.17, 15) is 4.79 Å². The second-order valence-electron chi connectivity index (χ2n) is 5.37. The fraction of sp³-hybridized carbons (Fsp3) is 0.375. The number of hydrogen-bond acceptors (Lipinski definition) is 3. The molecule has 5 nitrogen and oxygen atoms in total.